The Morgan fingerprint density at radius 1 is 0.361 bits per heavy atom. The average molecular weight is 1940 g/mol. The van der Waals surface area contributed by atoms with Gasteiger partial charge in [0.1, 0.15) is 42.7 Å². The molecule has 0 saturated heterocycles. The Morgan fingerprint density at radius 3 is 1.11 bits per heavy atom. The molecule has 21 atom stereocenters. The molecule has 0 aromatic heterocycles. The molecule has 0 radical (unpaired) electrons. The van der Waals surface area contributed by atoms with Crippen LogP contribution in [0.25, 0.3) is 0 Å². The molecule has 133 heavy (non-hydrogen) atoms. The molecule has 0 spiro atoms. The first kappa shape index (κ1) is 121. The van der Waals surface area contributed by atoms with E-state index in [4.69, 9.17) is 25.7 Å². The van der Waals surface area contributed by atoms with Crippen LogP contribution in [-0.4, -0.2) is 371 Å². The Morgan fingerprint density at radius 2 is 0.722 bits per heavy atom. The van der Waals surface area contributed by atoms with Crippen LogP contribution < -0.4 is 53.2 Å². The number of Topliss-reactive ketones (excluding diaryl/α,β-unsaturated/α-hetero) is 4. The quantitative estimate of drug-likeness (QED) is 0.0127. The molecule has 750 valence electrons. The molecule has 49 nitrogen and oxygen atoms in total. The molecule has 0 bridgehead atoms. The van der Waals surface area contributed by atoms with Gasteiger partial charge < -0.3 is 150 Å². The molecule has 0 unspecified atom stereocenters. The number of aliphatic hydroxyl groups is 14. The zero-order valence-electron chi connectivity index (χ0n) is 72.7. The number of carbonyl (C=O) groups excluding carboxylic acids is 13. The fraction of sp³-hybridized carbons (Fsp3) is 0.634. The van der Waals surface area contributed by atoms with Crippen molar-refractivity contribution in [2.45, 2.75) is 233 Å². The second-order valence-electron chi connectivity index (χ2n) is 31.4. The van der Waals surface area contributed by atoms with Crippen LogP contribution in [0.2, 0.25) is 0 Å². The van der Waals surface area contributed by atoms with Crippen LogP contribution in [0.15, 0.2) is 48.5 Å². The first-order chi connectivity index (χ1) is 62.7. The molecule has 30 N–H and O–H groups in total. The maximum Gasteiger partial charge on any atom is 0.327 e. The summed E-state index contributed by atoms with van der Waals surface area (Å²) in [6, 6.07) is 5.52. The second kappa shape index (κ2) is 66.2. The number of ketones is 4. The standard InChI is InChI=1S/C60H97N7O29S.C22H29N3O10S/c1-30(45(78)25-68)54(89)42(75)22-63-48(81)11-8-36(40(73)19-35(28-97)60(95)96)62-21-33(6-14-52(85)86)16-39(72)38(10-13-50(83)65-24-44(77)56(91)58(93)47(80)27-70)67-59(94)34(7-15-53(87)88)18-41(74)37(66-51(84)17-31-2-4-32(5-3-31)20-61-29-71)9-12-49(82)64-23-43(76)55(90)57(92)46(79)26-69;26-12-23-10-14-3-1-13(2-4-14)7-19(28)24-16(5-6-35-34)18(27)8-15(9-20(29)30)21(31)25-17(11-36)22(32)33/h2-5,29-30,33-38,42-47,54-58,62,68-70,75-80,89-93,97H,6-28H2,1H3,(H,61,71)(H,63,81)(H,64,82)(H,65,83)(H,66,84)(H,67,94)(H,85,86)(H,87,88)(H,95,96);1-4,12,15-17,34,36H,5-11H2,(H,23,26)(H,24,28)(H,25,31)(H,29,30)(H,32,33)/t30-,33+,34+,35-,36+,37+,38+,42+,43+,44+,45-,46-,47-,54+,55-,56-,57-,58-;15-,16-,17-/m11/s1. The van der Waals surface area contributed by atoms with Crippen molar-refractivity contribution in [3.05, 3.63) is 70.8 Å². The fourth-order valence-electron chi connectivity index (χ4n) is 12.8. The summed E-state index contributed by atoms with van der Waals surface area (Å²) in [5.74, 6) is -24.0. The van der Waals surface area contributed by atoms with Crippen molar-refractivity contribution in [1.29, 1.82) is 0 Å². The van der Waals surface area contributed by atoms with E-state index in [1.54, 1.807) is 36.4 Å². The second-order valence-corrected chi connectivity index (χ2v) is 32.1. The SMILES string of the molecule is C[C@@H]([C@H](O)[C@@H](O)CNC(=O)CC[C@H](NC[C@@H](CCC(=O)O)CC(=O)[C@H](CCC(=O)NC[C@H](O)[C@@H](O)[C@H](O)[C@H](O)CO)NC(=O)[C@@H](CCC(=O)O)CC(=O)[C@H](CCC(=O)NC[C@H](O)[C@@H](O)[C@H](O)[C@H](O)CO)NC(=O)Cc1ccc(CNC=O)cc1)C(=O)C[C@H](CS)C(=O)O)[C@H](O)CO.O=CNCc1ccc(CC(=O)N[C@H](CCOO)C(=O)C[C@H](CC(=O)O)C(=O)N[C@H](CS)C(=O)O)cc1. The van der Waals surface area contributed by atoms with E-state index in [1.165, 1.54) is 19.1 Å². The zero-order valence-corrected chi connectivity index (χ0v) is 74.5. The molecule has 51 heteroatoms. The van der Waals surface area contributed by atoms with E-state index in [0.717, 1.165) is 5.56 Å². The van der Waals surface area contributed by atoms with Crippen molar-refractivity contribution in [2.75, 3.05) is 64.1 Å². The van der Waals surface area contributed by atoms with Crippen LogP contribution in [-0.2, 0) is 117 Å². The van der Waals surface area contributed by atoms with Gasteiger partial charge in [-0.1, -0.05) is 55.5 Å². The number of hydrogen-bond acceptors (Lipinski definition) is 37. The number of benzene rings is 2. The van der Waals surface area contributed by atoms with Gasteiger partial charge in [0.15, 0.2) is 23.1 Å². The van der Waals surface area contributed by atoms with Crippen LogP contribution in [0.1, 0.15) is 132 Å². The number of aliphatic carboxylic acids is 5. The van der Waals surface area contributed by atoms with E-state index in [-0.39, 0.29) is 43.9 Å². The summed E-state index contributed by atoms with van der Waals surface area (Å²) < 4.78 is 0. The highest BCUT2D eigenvalue weighted by atomic mass is 32.1. The van der Waals surface area contributed by atoms with Crippen LogP contribution >= 0.6 is 25.3 Å². The van der Waals surface area contributed by atoms with Crippen molar-refractivity contribution in [2.24, 2.45) is 29.6 Å². The first-order valence-corrected chi connectivity index (χ1v) is 43.3. The Labute approximate surface area is 773 Å². The van der Waals surface area contributed by atoms with E-state index in [9.17, 15) is 163 Å². The monoisotopic (exact) mass is 1940 g/mol. The number of carboxylic acid groups (broad SMARTS) is 5. The molecule has 9 amide bonds. The number of amides is 9. The molecule has 0 aliphatic carbocycles. The smallest absolute Gasteiger partial charge is 0.327 e. The molecular weight excluding hydrogens is 1810 g/mol. The zero-order chi connectivity index (χ0) is 101. The lowest BCUT2D eigenvalue weighted by Crippen LogP contribution is -2.50. The molecule has 0 fully saturated rings. The molecule has 0 aliphatic rings. The van der Waals surface area contributed by atoms with E-state index >= 15 is 0 Å². The van der Waals surface area contributed by atoms with E-state index in [1.807, 2.05) is 0 Å². The molecule has 2 aromatic carbocycles. The third kappa shape index (κ3) is 49.0. The summed E-state index contributed by atoms with van der Waals surface area (Å²) in [5.41, 5.74) is 2.45. The fourth-order valence-corrected chi connectivity index (χ4v) is 13.3. The highest BCUT2D eigenvalue weighted by molar-refractivity contribution is 7.80. The Hall–Kier alpha value is -10.3. The van der Waals surface area contributed by atoms with Crippen molar-refractivity contribution in [3.8, 4) is 0 Å². The summed E-state index contributed by atoms with van der Waals surface area (Å²) in [4.78, 5) is 232. The van der Waals surface area contributed by atoms with E-state index in [2.05, 4.69) is 83.3 Å². The number of rotatable bonds is 73. The number of carboxylic acids is 5. The lowest BCUT2D eigenvalue weighted by Gasteiger charge is -2.27. The molecular formula is C82H126N10O39S2. The van der Waals surface area contributed by atoms with Crippen LogP contribution in [0.4, 0.5) is 0 Å². The van der Waals surface area contributed by atoms with Crippen molar-refractivity contribution in [1.82, 2.24) is 53.2 Å². The van der Waals surface area contributed by atoms with Gasteiger partial charge in [-0.15, -0.1) is 0 Å². The van der Waals surface area contributed by atoms with Gasteiger partial charge >= 0.3 is 29.8 Å². The van der Waals surface area contributed by atoms with Gasteiger partial charge in [0.2, 0.25) is 54.2 Å². The van der Waals surface area contributed by atoms with Gasteiger partial charge in [0.05, 0.1) is 112 Å². The first-order valence-electron chi connectivity index (χ1n) is 42.0. The maximum atomic E-state index is 14.7. The molecule has 2 aromatic rings. The molecule has 2 rings (SSSR count). The summed E-state index contributed by atoms with van der Waals surface area (Å²) in [5, 5.41) is 219. The molecule has 0 heterocycles. The number of nitrogens with one attached hydrogen (secondary N) is 10. The molecule has 0 saturated carbocycles. The van der Waals surface area contributed by atoms with Gasteiger partial charge in [0, 0.05) is 120 Å². The molecule has 0 aliphatic heterocycles. The van der Waals surface area contributed by atoms with Crippen molar-refractivity contribution < 1.29 is 193 Å². The highest BCUT2D eigenvalue weighted by Crippen LogP contribution is 2.23. The number of thiol groups is 2. The normalized spacial score (nSPS) is 16.0. The van der Waals surface area contributed by atoms with Gasteiger partial charge in [-0.25, -0.2) is 9.68 Å². The Bertz CT molecular complexity index is 4010. The predicted octanol–water partition coefficient (Wildman–Crippen LogP) is -9.47. The average Bonchev–Trinajstić information content (AvgIpc) is 0.865. The Balaban J connectivity index is 0.00000204. The number of carbonyl (C=O) groups is 18. The largest absolute Gasteiger partial charge is 0.481 e. The minimum Gasteiger partial charge on any atom is -0.481 e. The van der Waals surface area contributed by atoms with Gasteiger partial charge in [-0.2, -0.15) is 25.3 Å². The van der Waals surface area contributed by atoms with Gasteiger partial charge in [0.25, 0.3) is 0 Å². The van der Waals surface area contributed by atoms with Crippen LogP contribution in [0, 0.1) is 29.6 Å². The van der Waals surface area contributed by atoms with Crippen molar-refractivity contribution in [3.63, 3.8) is 0 Å². The van der Waals surface area contributed by atoms with Crippen LogP contribution in [0.5, 0.6) is 0 Å². The summed E-state index contributed by atoms with van der Waals surface area (Å²) in [6.45, 7) is -3.94. The van der Waals surface area contributed by atoms with Gasteiger partial charge in [-0.3, -0.25) is 86.8 Å². The van der Waals surface area contributed by atoms with E-state index < -0.39 is 364 Å². The summed E-state index contributed by atoms with van der Waals surface area (Å²) in [6.07, 6.45) is -30.0. The third-order valence-corrected chi connectivity index (χ3v) is 21.8. The number of hydrogen-bond donors (Lipinski definition) is 32. The van der Waals surface area contributed by atoms with Crippen LogP contribution in [0.3, 0.4) is 0 Å². The minimum absolute atomic E-state index is 0.105. The third-order valence-electron chi connectivity index (χ3n) is 21.0. The van der Waals surface area contributed by atoms with E-state index in [0.29, 0.717) is 36.1 Å². The minimum atomic E-state index is -2.13. The summed E-state index contributed by atoms with van der Waals surface area (Å²) >= 11 is 7.84. The number of aliphatic hydroxyl groups excluding tert-OH is 14. The topological polar surface area (TPSA) is 841 Å². The van der Waals surface area contributed by atoms with Gasteiger partial charge in [-0.05, 0) is 66.8 Å². The van der Waals surface area contributed by atoms with Crippen molar-refractivity contribution >= 4 is 132 Å². The maximum absolute atomic E-state index is 14.7. The highest BCUT2D eigenvalue weighted by Gasteiger charge is 2.38. The lowest BCUT2D eigenvalue weighted by atomic mass is 9.89. The summed E-state index contributed by atoms with van der Waals surface area (Å²) in [7, 11) is 0. The Kier molecular flexibility index (Phi) is 60.1. The lowest BCUT2D eigenvalue weighted by molar-refractivity contribution is -0.243. The predicted molar refractivity (Wildman–Crippen MR) is 463 cm³/mol.